The van der Waals surface area contributed by atoms with Gasteiger partial charge >= 0.3 is 0 Å². The number of nitrogens with zero attached hydrogens (tertiary/aromatic N) is 4. The minimum atomic E-state index is 0.0914. The SMILES string of the molecule is CC(NC(=S)Nc1nc(N2CCCCCC2)cc(N2CCOCC2)n1)c1ccccc1. The first kappa shape index (κ1) is 21.8. The second-order valence-corrected chi connectivity index (χ2v) is 8.55. The molecule has 2 fully saturated rings. The van der Waals surface area contributed by atoms with Gasteiger partial charge in [0.2, 0.25) is 5.95 Å². The highest BCUT2D eigenvalue weighted by Gasteiger charge is 2.19. The van der Waals surface area contributed by atoms with Gasteiger partial charge in [0.15, 0.2) is 5.11 Å². The van der Waals surface area contributed by atoms with E-state index in [-0.39, 0.29) is 6.04 Å². The molecule has 0 saturated carbocycles. The van der Waals surface area contributed by atoms with Gasteiger partial charge in [0, 0.05) is 32.2 Å². The minimum Gasteiger partial charge on any atom is -0.378 e. The maximum atomic E-state index is 5.58. The number of ether oxygens (including phenoxy) is 1. The molecule has 0 spiro atoms. The molecule has 3 heterocycles. The normalized spacial score (nSPS) is 18.2. The standard InChI is InChI=1S/C23H32N6OS/c1-18(19-9-5-4-6-10-19)24-23(31)27-22-25-20(28-11-7-2-3-8-12-28)17-21(26-22)29-13-15-30-16-14-29/h4-6,9-10,17-18H,2-3,7-8,11-16H2,1H3,(H2,24,25,26,27,31). The summed E-state index contributed by atoms with van der Waals surface area (Å²) in [7, 11) is 0. The fraction of sp³-hybridized carbons (Fsp3) is 0.522. The average Bonchev–Trinajstić information content (AvgIpc) is 3.10. The van der Waals surface area contributed by atoms with Crippen LogP contribution in [0.1, 0.15) is 44.2 Å². The lowest BCUT2D eigenvalue weighted by molar-refractivity contribution is 0.122. The Kier molecular flexibility index (Phi) is 7.53. The van der Waals surface area contributed by atoms with Crippen LogP contribution >= 0.6 is 12.2 Å². The van der Waals surface area contributed by atoms with Gasteiger partial charge in [-0.2, -0.15) is 9.97 Å². The van der Waals surface area contributed by atoms with Crippen LogP contribution in [0.4, 0.5) is 17.6 Å². The molecule has 4 rings (SSSR count). The Hall–Kier alpha value is -2.45. The summed E-state index contributed by atoms with van der Waals surface area (Å²) in [6.45, 7) is 7.28. The number of aromatic nitrogens is 2. The van der Waals surface area contributed by atoms with Gasteiger partial charge in [0.05, 0.1) is 19.3 Å². The van der Waals surface area contributed by atoms with Gasteiger partial charge in [-0.3, -0.25) is 0 Å². The summed E-state index contributed by atoms with van der Waals surface area (Å²) in [5, 5.41) is 7.10. The molecule has 2 saturated heterocycles. The predicted molar refractivity (Wildman–Crippen MR) is 130 cm³/mol. The lowest BCUT2D eigenvalue weighted by Gasteiger charge is -2.30. The number of benzene rings is 1. The number of morpholine rings is 1. The van der Waals surface area contributed by atoms with Crippen molar-refractivity contribution in [3.8, 4) is 0 Å². The summed E-state index contributed by atoms with van der Waals surface area (Å²) in [6.07, 6.45) is 4.98. The van der Waals surface area contributed by atoms with Crippen molar-refractivity contribution in [2.75, 3.05) is 54.5 Å². The molecule has 0 radical (unpaired) electrons. The Morgan fingerprint density at radius 2 is 1.55 bits per heavy atom. The largest absolute Gasteiger partial charge is 0.378 e. The quantitative estimate of drug-likeness (QED) is 0.682. The smallest absolute Gasteiger partial charge is 0.232 e. The van der Waals surface area contributed by atoms with Gasteiger partial charge in [-0.15, -0.1) is 0 Å². The van der Waals surface area contributed by atoms with Crippen LogP contribution in [0.3, 0.4) is 0 Å². The monoisotopic (exact) mass is 440 g/mol. The molecule has 0 aliphatic carbocycles. The summed E-state index contributed by atoms with van der Waals surface area (Å²) in [4.78, 5) is 14.3. The van der Waals surface area contributed by atoms with Gasteiger partial charge < -0.3 is 25.2 Å². The molecule has 1 unspecified atom stereocenters. The van der Waals surface area contributed by atoms with E-state index in [4.69, 9.17) is 26.9 Å². The maximum Gasteiger partial charge on any atom is 0.232 e. The van der Waals surface area contributed by atoms with Gasteiger partial charge in [0.1, 0.15) is 11.6 Å². The summed E-state index contributed by atoms with van der Waals surface area (Å²) in [6, 6.07) is 12.5. The molecule has 7 nitrogen and oxygen atoms in total. The Bertz CT molecular complexity index is 850. The van der Waals surface area contributed by atoms with E-state index < -0.39 is 0 Å². The van der Waals surface area contributed by atoms with Gasteiger partial charge in [0.25, 0.3) is 0 Å². The molecule has 166 valence electrons. The molecule has 2 N–H and O–H groups in total. The number of nitrogens with one attached hydrogen (secondary N) is 2. The van der Waals surface area contributed by atoms with E-state index in [0.29, 0.717) is 11.1 Å². The number of anilines is 3. The Balaban J connectivity index is 1.52. The van der Waals surface area contributed by atoms with Crippen molar-refractivity contribution in [1.29, 1.82) is 0 Å². The van der Waals surface area contributed by atoms with E-state index >= 15 is 0 Å². The molecule has 8 heteroatoms. The van der Waals surface area contributed by atoms with Gasteiger partial charge in [-0.05, 0) is 37.5 Å². The van der Waals surface area contributed by atoms with Gasteiger partial charge in [-0.1, -0.05) is 43.2 Å². The topological polar surface area (TPSA) is 65.6 Å². The summed E-state index contributed by atoms with van der Waals surface area (Å²) in [5.74, 6) is 2.44. The molecule has 2 aliphatic heterocycles. The first-order chi connectivity index (χ1) is 15.2. The second-order valence-electron chi connectivity index (χ2n) is 8.14. The van der Waals surface area contributed by atoms with Crippen LogP contribution < -0.4 is 20.4 Å². The fourth-order valence-corrected chi connectivity index (χ4v) is 4.32. The first-order valence-corrected chi connectivity index (χ1v) is 11.7. The van der Waals surface area contributed by atoms with Crippen LogP contribution in [-0.2, 0) is 4.74 Å². The lowest BCUT2D eigenvalue weighted by atomic mass is 10.1. The second kappa shape index (κ2) is 10.7. The van der Waals surface area contributed by atoms with Crippen LogP contribution in [0.2, 0.25) is 0 Å². The van der Waals surface area contributed by atoms with E-state index in [9.17, 15) is 0 Å². The molecule has 31 heavy (non-hydrogen) atoms. The highest BCUT2D eigenvalue weighted by Crippen LogP contribution is 2.24. The van der Waals surface area contributed by atoms with Crippen molar-refractivity contribution in [3.63, 3.8) is 0 Å². The maximum absolute atomic E-state index is 5.58. The summed E-state index contributed by atoms with van der Waals surface area (Å²) in [5.41, 5.74) is 1.18. The third-order valence-corrected chi connectivity index (χ3v) is 6.06. The van der Waals surface area contributed by atoms with Gasteiger partial charge in [-0.25, -0.2) is 0 Å². The average molecular weight is 441 g/mol. The van der Waals surface area contributed by atoms with Crippen molar-refractivity contribution in [2.45, 2.75) is 38.6 Å². The Morgan fingerprint density at radius 3 is 2.19 bits per heavy atom. The number of thiocarbonyl (C=S) groups is 1. The molecular weight excluding hydrogens is 408 g/mol. The van der Waals surface area contributed by atoms with E-state index in [0.717, 1.165) is 51.0 Å². The van der Waals surface area contributed by atoms with Crippen LogP contribution in [0, 0.1) is 0 Å². The zero-order chi connectivity index (χ0) is 21.5. The molecule has 1 aromatic carbocycles. The molecule has 0 amide bonds. The Labute approximate surface area is 190 Å². The first-order valence-electron chi connectivity index (χ1n) is 11.3. The molecule has 1 atom stereocenters. The molecule has 1 aromatic heterocycles. The molecule has 0 bridgehead atoms. The predicted octanol–water partition coefficient (Wildman–Crippen LogP) is 3.74. The van der Waals surface area contributed by atoms with E-state index in [1.807, 2.05) is 18.2 Å². The van der Waals surface area contributed by atoms with Crippen molar-refractivity contribution in [1.82, 2.24) is 15.3 Å². The van der Waals surface area contributed by atoms with E-state index in [2.05, 4.69) is 45.6 Å². The summed E-state index contributed by atoms with van der Waals surface area (Å²) < 4.78 is 5.52. The number of hydrogen-bond acceptors (Lipinski definition) is 6. The van der Waals surface area contributed by atoms with Crippen LogP contribution in [0.15, 0.2) is 36.4 Å². The minimum absolute atomic E-state index is 0.0914. The zero-order valence-electron chi connectivity index (χ0n) is 18.2. The van der Waals surface area contributed by atoms with Crippen LogP contribution in [0.25, 0.3) is 0 Å². The number of rotatable bonds is 5. The number of hydrogen-bond donors (Lipinski definition) is 2. The molecule has 2 aliphatic rings. The van der Waals surface area contributed by atoms with E-state index in [1.54, 1.807) is 0 Å². The third kappa shape index (κ3) is 6.04. The highest BCUT2D eigenvalue weighted by molar-refractivity contribution is 7.80. The molecular formula is C23H32N6OS. The lowest BCUT2D eigenvalue weighted by Crippen LogP contribution is -2.37. The third-order valence-electron chi connectivity index (χ3n) is 5.84. The fourth-order valence-electron chi connectivity index (χ4n) is 4.05. The Morgan fingerprint density at radius 1 is 0.935 bits per heavy atom. The zero-order valence-corrected chi connectivity index (χ0v) is 19.0. The van der Waals surface area contributed by atoms with Crippen molar-refractivity contribution in [3.05, 3.63) is 42.0 Å². The summed E-state index contributed by atoms with van der Waals surface area (Å²) >= 11 is 5.58. The highest BCUT2D eigenvalue weighted by atomic mass is 32.1. The molecule has 2 aromatic rings. The van der Waals surface area contributed by atoms with Crippen molar-refractivity contribution in [2.24, 2.45) is 0 Å². The van der Waals surface area contributed by atoms with Crippen LogP contribution in [0.5, 0.6) is 0 Å². The van der Waals surface area contributed by atoms with Crippen molar-refractivity contribution >= 4 is 34.9 Å². The van der Waals surface area contributed by atoms with E-state index in [1.165, 1.54) is 31.2 Å². The van der Waals surface area contributed by atoms with Crippen LogP contribution in [-0.4, -0.2) is 54.5 Å². The van der Waals surface area contributed by atoms with Crippen molar-refractivity contribution < 1.29 is 4.74 Å².